The number of aromatic nitrogens is 1. The standard InChI is InChI=1S/C23H18N4O4S3/c1-26(2)14-6-9-16-10-11-17(32-16)20-22(31-15-7-4-3-5-8-15)34-23(24-20)25-21(28)18-12-13-19(33-18)27(29)30/h3-5,7-8,10-13H,14H2,1-2H3,(H,24,25,28). The fourth-order valence-corrected chi connectivity index (χ4v) is 5.20. The van der Waals surface area contributed by atoms with Gasteiger partial charge in [0.25, 0.3) is 5.91 Å². The van der Waals surface area contributed by atoms with Gasteiger partial charge in [0.15, 0.2) is 5.13 Å². The number of benzene rings is 1. The molecule has 8 nitrogen and oxygen atoms in total. The van der Waals surface area contributed by atoms with Crippen molar-refractivity contribution in [2.75, 3.05) is 26.0 Å². The van der Waals surface area contributed by atoms with Gasteiger partial charge in [-0.3, -0.25) is 25.1 Å². The highest BCUT2D eigenvalue weighted by molar-refractivity contribution is 7.20. The van der Waals surface area contributed by atoms with E-state index in [-0.39, 0.29) is 9.88 Å². The van der Waals surface area contributed by atoms with Gasteiger partial charge in [-0.1, -0.05) is 52.7 Å². The van der Waals surface area contributed by atoms with E-state index in [1.165, 1.54) is 34.8 Å². The quantitative estimate of drug-likeness (QED) is 0.192. The third kappa shape index (κ3) is 5.86. The minimum absolute atomic E-state index is 0.0976. The van der Waals surface area contributed by atoms with Crippen LogP contribution in [0.15, 0.2) is 54.6 Å². The van der Waals surface area contributed by atoms with Gasteiger partial charge in [-0.15, -0.1) is 11.3 Å². The number of nitro groups is 1. The number of nitrogens with one attached hydrogen (secondary N) is 1. The van der Waals surface area contributed by atoms with Crippen LogP contribution in [0.2, 0.25) is 0 Å². The highest BCUT2D eigenvalue weighted by atomic mass is 32.1. The first-order chi connectivity index (χ1) is 16.4. The number of hydrogen-bond donors (Lipinski definition) is 1. The zero-order valence-corrected chi connectivity index (χ0v) is 20.6. The number of hydrogen-bond acceptors (Lipinski definition) is 9. The number of para-hydroxylation sites is 1. The molecule has 3 aromatic heterocycles. The van der Waals surface area contributed by atoms with E-state index in [4.69, 9.17) is 4.74 Å². The number of nitrogens with zero attached hydrogens (tertiary/aromatic N) is 3. The molecule has 0 bridgehead atoms. The van der Waals surface area contributed by atoms with Crippen molar-refractivity contribution in [3.8, 4) is 33.2 Å². The largest absolute Gasteiger partial charge is 0.444 e. The summed E-state index contributed by atoms with van der Waals surface area (Å²) in [6, 6.07) is 15.9. The zero-order chi connectivity index (χ0) is 24.1. The summed E-state index contributed by atoms with van der Waals surface area (Å²) >= 11 is 3.48. The van der Waals surface area contributed by atoms with Gasteiger partial charge in [-0.25, -0.2) is 4.98 Å². The van der Waals surface area contributed by atoms with Crippen LogP contribution in [0.25, 0.3) is 10.6 Å². The molecule has 0 aliphatic carbocycles. The fourth-order valence-electron chi connectivity index (χ4n) is 2.70. The van der Waals surface area contributed by atoms with Crippen molar-refractivity contribution >= 4 is 50.1 Å². The first kappa shape index (κ1) is 23.6. The average molecular weight is 511 g/mol. The van der Waals surface area contributed by atoms with E-state index in [1.54, 1.807) is 0 Å². The minimum Gasteiger partial charge on any atom is -0.444 e. The Labute approximate surface area is 207 Å². The predicted octanol–water partition coefficient (Wildman–Crippen LogP) is 5.80. The van der Waals surface area contributed by atoms with Gasteiger partial charge in [0.05, 0.1) is 26.1 Å². The Morgan fingerprint density at radius 2 is 1.91 bits per heavy atom. The molecule has 1 amide bonds. The second kappa shape index (κ2) is 10.6. The third-order valence-electron chi connectivity index (χ3n) is 4.21. The van der Waals surface area contributed by atoms with Crippen molar-refractivity contribution in [3.63, 3.8) is 0 Å². The molecule has 0 spiro atoms. The van der Waals surface area contributed by atoms with Gasteiger partial charge >= 0.3 is 5.00 Å². The van der Waals surface area contributed by atoms with Gasteiger partial charge in [0.2, 0.25) is 5.06 Å². The van der Waals surface area contributed by atoms with Gasteiger partial charge in [0.1, 0.15) is 11.4 Å². The number of anilines is 1. The van der Waals surface area contributed by atoms with E-state index in [0.29, 0.717) is 28.2 Å². The Morgan fingerprint density at radius 1 is 1.12 bits per heavy atom. The fraction of sp³-hybridized carbons (Fsp3) is 0.130. The van der Waals surface area contributed by atoms with Crippen molar-refractivity contribution in [3.05, 3.63) is 74.5 Å². The van der Waals surface area contributed by atoms with Crippen LogP contribution in [0.4, 0.5) is 10.1 Å². The number of ether oxygens (including phenoxy) is 1. The molecule has 11 heteroatoms. The van der Waals surface area contributed by atoms with Crippen LogP contribution in [0.3, 0.4) is 0 Å². The number of carbonyl (C=O) groups excluding carboxylic acids is 1. The second-order valence-corrected chi connectivity index (χ2v) is 10.2. The summed E-state index contributed by atoms with van der Waals surface area (Å²) in [5.74, 6) is 6.43. The number of thiazole rings is 1. The third-order valence-corrected chi connectivity index (χ3v) is 7.10. The van der Waals surface area contributed by atoms with Crippen LogP contribution in [-0.4, -0.2) is 41.4 Å². The lowest BCUT2D eigenvalue weighted by Crippen LogP contribution is -2.10. The van der Waals surface area contributed by atoms with E-state index in [0.717, 1.165) is 21.1 Å². The molecule has 0 saturated heterocycles. The SMILES string of the molecule is CN(C)CC#Cc1ccc(-c2nc(NC(=O)c3ccc([N+](=O)[O-])s3)sc2Oc2ccccc2)s1. The maximum atomic E-state index is 12.6. The number of thiophene rings is 2. The summed E-state index contributed by atoms with van der Waals surface area (Å²) < 4.78 is 6.07. The molecular formula is C23H18N4O4S3. The monoisotopic (exact) mass is 510 g/mol. The van der Waals surface area contributed by atoms with E-state index in [9.17, 15) is 14.9 Å². The summed E-state index contributed by atoms with van der Waals surface area (Å²) in [5, 5.41) is 14.4. The van der Waals surface area contributed by atoms with Crippen molar-refractivity contribution in [2.45, 2.75) is 0 Å². The molecule has 4 rings (SSSR count). The van der Waals surface area contributed by atoms with Crippen molar-refractivity contribution in [2.24, 2.45) is 0 Å². The average Bonchev–Trinajstić information content (AvgIpc) is 3.54. The smallest absolute Gasteiger partial charge is 0.324 e. The predicted molar refractivity (Wildman–Crippen MR) is 136 cm³/mol. The van der Waals surface area contributed by atoms with Crippen LogP contribution in [-0.2, 0) is 0 Å². The summed E-state index contributed by atoms with van der Waals surface area (Å²) in [5.41, 5.74) is 0.590. The minimum atomic E-state index is -0.523. The molecule has 4 aromatic rings. The molecule has 0 radical (unpaired) electrons. The van der Waals surface area contributed by atoms with Gasteiger partial charge in [0, 0.05) is 6.07 Å². The normalized spacial score (nSPS) is 10.6. The molecule has 0 atom stereocenters. The van der Waals surface area contributed by atoms with E-state index >= 15 is 0 Å². The maximum absolute atomic E-state index is 12.6. The molecule has 0 saturated carbocycles. The lowest BCUT2D eigenvalue weighted by atomic mass is 10.3. The Bertz CT molecular complexity index is 1380. The van der Waals surface area contributed by atoms with Gasteiger partial charge in [-0.2, -0.15) is 0 Å². The molecular weight excluding hydrogens is 492 g/mol. The summed E-state index contributed by atoms with van der Waals surface area (Å²) in [6.07, 6.45) is 0. The van der Waals surface area contributed by atoms with Gasteiger partial charge < -0.3 is 4.74 Å². The van der Waals surface area contributed by atoms with Crippen LogP contribution < -0.4 is 10.1 Å². The number of carbonyl (C=O) groups is 1. The lowest BCUT2D eigenvalue weighted by molar-refractivity contribution is -0.380. The van der Waals surface area contributed by atoms with Crippen molar-refractivity contribution < 1.29 is 14.5 Å². The molecule has 1 N–H and O–H groups in total. The summed E-state index contributed by atoms with van der Waals surface area (Å²) in [4.78, 5) is 31.6. The summed E-state index contributed by atoms with van der Waals surface area (Å²) in [6.45, 7) is 0.656. The van der Waals surface area contributed by atoms with E-state index in [1.807, 2.05) is 61.5 Å². The van der Waals surface area contributed by atoms with Crippen LogP contribution in [0, 0.1) is 22.0 Å². The van der Waals surface area contributed by atoms with E-state index < -0.39 is 10.8 Å². The topological polar surface area (TPSA) is 97.6 Å². The second-order valence-electron chi connectivity index (χ2n) is 7.12. The number of rotatable bonds is 7. The molecule has 34 heavy (non-hydrogen) atoms. The first-order valence-electron chi connectivity index (χ1n) is 9.92. The van der Waals surface area contributed by atoms with Gasteiger partial charge in [-0.05, 0) is 44.4 Å². The highest BCUT2D eigenvalue weighted by Gasteiger charge is 2.21. The summed E-state index contributed by atoms with van der Waals surface area (Å²) in [7, 11) is 3.92. The molecule has 0 aliphatic heterocycles. The first-order valence-corrected chi connectivity index (χ1v) is 12.4. The lowest BCUT2D eigenvalue weighted by Gasteiger charge is -2.03. The van der Waals surface area contributed by atoms with Crippen molar-refractivity contribution in [1.29, 1.82) is 0 Å². The van der Waals surface area contributed by atoms with Crippen LogP contribution >= 0.6 is 34.0 Å². The zero-order valence-electron chi connectivity index (χ0n) is 18.1. The molecule has 1 aromatic carbocycles. The Morgan fingerprint density at radius 3 is 2.62 bits per heavy atom. The number of amides is 1. The highest BCUT2D eigenvalue weighted by Crippen LogP contribution is 2.43. The molecule has 0 aliphatic rings. The molecule has 172 valence electrons. The van der Waals surface area contributed by atoms with Crippen molar-refractivity contribution in [1.82, 2.24) is 9.88 Å². The molecule has 3 heterocycles. The van der Waals surface area contributed by atoms with Crippen LogP contribution in [0.5, 0.6) is 10.8 Å². The van der Waals surface area contributed by atoms with E-state index in [2.05, 4.69) is 22.1 Å². The maximum Gasteiger partial charge on any atom is 0.324 e. The van der Waals surface area contributed by atoms with Crippen LogP contribution in [0.1, 0.15) is 14.5 Å². The Kier molecular flexibility index (Phi) is 7.34. The molecule has 0 unspecified atom stereocenters. The Balaban J connectivity index is 1.62. The molecule has 0 fully saturated rings. The Hall–Kier alpha value is -3.56.